The minimum atomic E-state index is -0.156. The third-order valence-corrected chi connectivity index (χ3v) is 2.25. The summed E-state index contributed by atoms with van der Waals surface area (Å²) < 4.78 is 0. The number of carbonyl (C=O) groups is 2. The maximum Gasteiger partial charge on any atom is 0.226 e. The number of nitrogens with zero attached hydrogens (tertiary/aromatic N) is 1. The van der Waals surface area contributed by atoms with Gasteiger partial charge >= 0.3 is 0 Å². The van der Waals surface area contributed by atoms with Crippen molar-refractivity contribution in [1.29, 1.82) is 5.26 Å². The fourth-order valence-corrected chi connectivity index (χ4v) is 1.37. The normalized spacial score (nSPS) is 9.33. The van der Waals surface area contributed by atoms with Crippen LogP contribution in [-0.2, 0) is 16.0 Å². The Labute approximate surface area is 106 Å². The average molecular weight is 245 g/mol. The number of amides is 2. The molecule has 0 heterocycles. The largest absolute Gasteiger partial charge is 0.356 e. The lowest BCUT2D eigenvalue weighted by Gasteiger charge is -2.06. The predicted molar refractivity (Wildman–Crippen MR) is 67.7 cm³/mol. The van der Waals surface area contributed by atoms with E-state index in [-0.39, 0.29) is 18.2 Å². The molecule has 2 N–H and O–H groups in total. The van der Waals surface area contributed by atoms with Crippen molar-refractivity contribution < 1.29 is 9.59 Å². The second-order valence-electron chi connectivity index (χ2n) is 3.81. The molecule has 1 aromatic rings. The van der Waals surface area contributed by atoms with Crippen molar-refractivity contribution in [1.82, 2.24) is 5.32 Å². The van der Waals surface area contributed by atoms with Crippen LogP contribution in [-0.4, -0.2) is 18.4 Å². The minimum Gasteiger partial charge on any atom is -0.356 e. The first kappa shape index (κ1) is 13.7. The Morgan fingerprint density at radius 1 is 1.28 bits per heavy atom. The van der Waals surface area contributed by atoms with Crippen LogP contribution in [0, 0.1) is 11.3 Å². The van der Waals surface area contributed by atoms with Crippen LogP contribution in [0.15, 0.2) is 24.3 Å². The monoisotopic (exact) mass is 245 g/mol. The number of benzene rings is 1. The molecule has 0 spiro atoms. The molecule has 0 saturated carbocycles. The summed E-state index contributed by atoms with van der Waals surface area (Å²) in [6, 6.07) is 9.16. The Morgan fingerprint density at radius 2 is 1.94 bits per heavy atom. The van der Waals surface area contributed by atoms with Gasteiger partial charge in [-0.25, -0.2) is 0 Å². The number of hydrogen-bond acceptors (Lipinski definition) is 3. The summed E-state index contributed by atoms with van der Waals surface area (Å²) in [6.07, 6.45) is 0.594. The molecule has 0 fully saturated rings. The van der Waals surface area contributed by atoms with E-state index in [0.29, 0.717) is 18.7 Å². The quantitative estimate of drug-likeness (QED) is 0.818. The summed E-state index contributed by atoms with van der Waals surface area (Å²) in [4.78, 5) is 22.1. The zero-order valence-corrected chi connectivity index (χ0v) is 10.2. The Kier molecular flexibility index (Phi) is 5.39. The highest BCUT2D eigenvalue weighted by atomic mass is 16.2. The van der Waals surface area contributed by atoms with Crippen molar-refractivity contribution in [2.45, 2.75) is 19.8 Å². The maximum atomic E-state index is 11.5. The third kappa shape index (κ3) is 5.12. The summed E-state index contributed by atoms with van der Waals surface area (Å²) in [5.74, 6) is -0.305. The molecule has 0 unspecified atom stereocenters. The van der Waals surface area contributed by atoms with Gasteiger partial charge in [0.25, 0.3) is 0 Å². The Bertz CT molecular complexity index is 460. The molecule has 1 aromatic carbocycles. The smallest absolute Gasteiger partial charge is 0.226 e. The lowest BCUT2D eigenvalue weighted by Crippen LogP contribution is -2.25. The number of nitriles is 1. The van der Waals surface area contributed by atoms with E-state index >= 15 is 0 Å². The van der Waals surface area contributed by atoms with E-state index in [1.54, 1.807) is 24.3 Å². The standard InChI is InChI=1S/C13H15N3O2/c1-10(17)15-9-7-13(18)16-12-4-2-11(3-5-12)6-8-14/h2-5H,6-7,9H2,1H3,(H,15,17)(H,16,18). The number of carbonyl (C=O) groups excluding carboxylic acids is 2. The van der Waals surface area contributed by atoms with Gasteiger partial charge in [0.05, 0.1) is 12.5 Å². The molecule has 2 amide bonds. The molecule has 0 radical (unpaired) electrons. The third-order valence-electron chi connectivity index (χ3n) is 2.25. The first-order valence-electron chi connectivity index (χ1n) is 5.62. The summed E-state index contributed by atoms with van der Waals surface area (Å²) >= 11 is 0. The van der Waals surface area contributed by atoms with E-state index in [4.69, 9.17) is 5.26 Å². The van der Waals surface area contributed by atoms with E-state index in [0.717, 1.165) is 5.56 Å². The lowest BCUT2D eigenvalue weighted by atomic mass is 10.1. The molecule has 0 aliphatic heterocycles. The molecule has 1 rings (SSSR count). The van der Waals surface area contributed by atoms with E-state index in [9.17, 15) is 9.59 Å². The predicted octanol–water partition coefficient (Wildman–Crippen LogP) is 1.22. The molecule has 0 saturated heterocycles. The number of anilines is 1. The highest BCUT2D eigenvalue weighted by Gasteiger charge is 2.02. The molecule has 5 heteroatoms. The molecule has 0 atom stereocenters. The van der Waals surface area contributed by atoms with Crippen LogP contribution in [0.4, 0.5) is 5.69 Å². The fraction of sp³-hybridized carbons (Fsp3) is 0.308. The molecule has 94 valence electrons. The number of hydrogen-bond donors (Lipinski definition) is 2. The fourth-order valence-electron chi connectivity index (χ4n) is 1.37. The molecule has 0 aromatic heterocycles. The maximum absolute atomic E-state index is 11.5. The SMILES string of the molecule is CC(=O)NCCC(=O)Nc1ccc(CC#N)cc1. The Balaban J connectivity index is 2.40. The topological polar surface area (TPSA) is 82.0 Å². The first-order valence-corrected chi connectivity index (χ1v) is 5.62. The van der Waals surface area contributed by atoms with Gasteiger partial charge < -0.3 is 10.6 Å². The first-order chi connectivity index (χ1) is 8.61. The zero-order valence-electron chi connectivity index (χ0n) is 10.2. The number of rotatable bonds is 5. The summed E-state index contributed by atoms with van der Waals surface area (Å²) in [6.45, 7) is 1.74. The zero-order chi connectivity index (χ0) is 13.4. The van der Waals surface area contributed by atoms with Crippen molar-refractivity contribution in [3.63, 3.8) is 0 Å². The molecular formula is C13H15N3O2. The van der Waals surface area contributed by atoms with Crippen molar-refractivity contribution in [2.75, 3.05) is 11.9 Å². The second-order valence-corrected chi connectivity index (χ2v) is 3.81. The second kappa shape index (κ2) is 7.07. The van der Waals surface area contributed by atoms with E-state index in [2.05, 4.69) is 16.7 Å². The van der Waals surface area contributed by atoms with E-state index < -0.39 is 0 Å². The molecule has 18 heavy (non-hydrogen) atoms. The average Bonchev–Trinajstić information content (AvgIpc) is 2.31. The highest BCUT2D eigenvalue weighted by Crippen LogP contribution is 2.10. The summed E-state index contributed by atoms with van der Waals surface area (Å²) in [5, 5.41) is 13.8. The molecule has 0 aliphatic carbocycles. The van der Waals surface area contributed by atoms with Crippen LogP contribution in [0.3, 0.4) is 0 Å². The van der Waals surface area contributed by atoms with Gasteiger partial charge in [-0.15, -0.1) is 0 Å². The Morgan fingerprint density at radius 3 is 2.50 bits per heavy atom. The summed E-state index contributed by atoms with van der Waals surface area (Å²) in [5.41, 5.74) is 1.60. The summed E-state index contributed by atoms with van der Waals surface area (Å²) in [7, 11) is 0. The lowest BCUT2D eigenvalue weighted by molar-refractivity contribution is -0.119. The van der Waals surface area contributed by atoms with Crippen molar-refractivity contribution >= 4 is 17.5 Å². The van der Waals surface area contributed by atoms with Crippen LogP contribution in [0.2, 0.25) is 0 Å². The van der Waals surface area contributed by atoms with Gasteiger partial charge in [-0.2, -0.15) is 5.26 Å². The van der Waals surface area contributed by atoms with Gasteiger partial charge in [0.1, 0.15) is 0 Å². The molecule has 0 aliphatic rings. The Hall–Kier alpha value is -2.35. The molecule has 5 nitrogen and oxygen atoms in total. The highest BCUT2D eigenvalue weighted by molar-refractivity contribution is 5.91. The van der Waals surface area contributed by atoms with Crippen molar-refractivity contribution in [3.8, 4) is 6.07 Å². The van der Waals surface area contributed by atoms with E-state index in [1.807, 2.05) is 0 Å². The van der Waals surface area contributed by atoms with Crippen LogP contribution in [0.25, 0.3) is 0 Å². The van der Waals surface area contributed by atoms with Gasteiger partial charge in [0.2, 0.25) is 11.8 Å². The van der Waals surface area contributed by atoms with E-state index in [1.165, 1.54) is 6.92 Å². The van der Waals surface area contributed by atoms with Crippen LogP contribution in [0.5, 0.6) is 0 Å². The molecular weight excluding hydrogens is 230 g/mol. The van der Waals surface area contributed by atoms with Crippen LogP contribution in [0.1, 0.15) is 18.9 Å². The van der Waals surface area contributed by atoms with Crippen LogP contribution >= 0.6 is 0 Å². The van der Waals surface area contributed by atoms with Gasteiger partial charge in [-0.1, -0.05) is 12.1 Å². The van der Waals surface area contributed by atoms with Crippen molar-refractivity contribution in [2.24, 2.45) is 0 Å². The van der Waals surface area contributed by atoms with Gasteiger partial charge in [0, 0.05) is 25.6 Å². The minimum absolute atomic E-state index is 0.149. The molecule has 0 bridgehead atoms. The number of nitrogens with one attached hydrogen (secondary N) is 2. The van der Waals surface area contributed by atoms with Gasteiger partial charge in [-0.3, -0.25) is 9.59 Å². The van der Waals surface area contributed by atoms with Crippen LogP contribution < -0.4 is 10.6 Å². The van der Waals surface area contributed by atoms with Gasteiger partial charge in [-0.05, 0) is 17.7 Å². The van der Waals surface area contributed by atoms with Crippen molar-refractivity contribution in [3.05, 3.63) is 29.8 Å². The van der Waals surface area contributed by atoms with Gasteiger partial charge in [0.15, 0.2) is 0 Å².